The highest BCUT2D eigenvalue weighted by molar-refractivity contribution is 5.72. The first-order valence-corrected chi connectivity index (χ1v) is 29.1. The first-order chi connectivity index (χ1) is 36.5. The van der Waals surface area contributed by atoms with Gasteiger partial charge in [0, 0.05) is 12.8 Å². The minimum Gasteiger partial charge on any atom is -0.462 e. The van der Waals surface area contributed by atoms with E-state index in [1.807, 2.05) is 6.08 Å². The summed E-state index contributed by atoms with van der Waals surface area (Å²) in [6.45, 7) is 6.25. The molecule has 0 aromatic heterocycles. The lowest BCUT2D eigenvalue weighted by molar-refractivity contribution is -0.166. The van der Waals surface area contributed by atoms with E-state index in [9.17, 15) is 14.4 Å². The first kappa shape index (κ1) is 68.8. The molecule has 0 aromatic carbocycles. The number of unbranched alkanes of at least 4 members (excludes halogenated alkanes) is 12. The predicted molar refractivity (Wildman–Crippen MR) is 320 cm³/mol. The Kier molecular flexibility index (Phi) is 56.1. The largest absolute Gasteiger partial charge is 0.462 e. The van der Waals surface area contributed by atoms with E-state index in [1.165, 1.54) is 44.9 Å². The molecular formula is C68H104O6. The fraction of sp³-hybridized carbons (Fsp3) is 0.544. The third kappa shape index (κ3) is 57.7. The van der Waals surface area contributed by atoms with Crippen molar-refractivity contribution in [3.05, 3.63) is 170 Å². The minimum atomic E-state index is -0.863. The predicted octanol–water partition coefficient (Wildman–Crippen LogP) is 19.9. The van der Waals surface area contributed by atoms with Crippen molar-refractivity contribution < 1.29 is 28.6 Å². The second kappa shape index (κ2) is 60.3. The number of ether oxygens (including phenoxy) is 3. The molecule has 0 aliphatic rings. The quantitative estimate of drug-likeness (QED) is 0.0261. The van der Waals surface area contributed by atoms with Crippen LogP contribution in [0.25, 0.3) is 0 Å². The number of carbonyl (C=O) groups is 3. The van der Waals surface area contributed by atoms with E-state index >= 15 is 0 Å². The lowest BCUT2D eigenvalue weighted by Crippen LogP contribution is -2.30. The van der Waals surface area contributed by atoms with E-state index in [4.69, 9.17) is 14.2 Å². The molecule has 0 N–H and O–H groups in total. The third-order valence-corrected chi connectivity index (χ3v) is 11.5. The fourth-order valence-corrected chi connectivity index (χ4v) is 7.17. The number of hydrogen-bond acceptors (Lipinski definition) is 6. The zero-order chi connectivity index (χ0) is 53.6. The standard InChI is InChI=1S/C68H104O6/c1-4-7-10-13-16-19-22-25-28-29-30-31-32-33-34-35-36-37-38-39-41-43-46-49-52-55-58-61-67(70)73-64-65(63-72-66(69)60-57-54-51-48-45-42-27-24-21-18-15-12-9-6-3)74-68(71)62-59-56-53-50-47-44-40-26-23-20-17-14-11-8-5-2/h7-8,10-11,16-17,19-20,24-28,30-31,33-34,36-37,39-41,46-47,49-50,56,59,65H,4-6,9,12-15,18,21-23,29,32,35,38,42-45,48,51-55,57-58,60-64H2,1-3H3/b10-7-,11-8-,19-16-,20-17-,27-24-,28-25-,31-30-,34-33-,37-36-,40-26-,41-39-,49-46-,50-47-,59-56-. The van der Waals surface area contributed by atoms with Crippen LogP contribution in [0.3, 0.4) is 0 Å². The Labute approximate surface area is 453 Å². The van der Waals surface area contributed by atoms with E-state index in [-0.39, 0.29) is 38.0 Å². The molecule has 0 bridgehead atoms. The summed E-state index contributed by atoms with van der Waals surface area (Å²) < 4.78 is 16.7. The average Bonchev–Trinajstić information content (AvgIpc) is 3.40. The molecule has 1 unspecified atom stereocenters. The smallest absolute Gasteiger partial charge is 0.310 e. The van der Waals surface area contributed by atoms with E-state index < -0.39 is 12.1 Å². The second-order valence-electron chi connectivity index (χ2n) is 18.4. The van der Waals surface area contributed by atoms with Gasteiger partial charge in [0.25, 0.3) is 0 Å². The molecule has 0 amide bonds. The molecule has 1 atom stereocenters. The number of esters is 3. The molecule has 0 aliphatic heterocycles. The van der Waals surface area contributed by atoms with Gasteiger partial charge in [0.1, 0.15) is 13.2 Å². The molecule has 0 aromatic rings. The van der Waals surface area contributed by atoms with Gasteiger partial charge in [-0.2, -0.15) is 0 Å². The summed E-state index contributed by atoms with van der Waals surface area (Å²) in [4.78, 5) is 38.1. The summed E-state index contributed by atoms with van der Waals surface area (Å²) in [5, 5.41) is 0. The van der Waals surface area contributed by atoms with Gasteiger partial charge in [0.15, 0.2) is 6.10 Å². The molecule has 0 aliphatic carbocycles. The monoisotopic (exact) mass is 1020 g/mol. The van der Waals surface area contributed by atoms with Crippen LogP contribution in [-0.2, 0) is 28.6 Å². The van der Waals surface area contributed by atoms with E-state index in [1.54, 1.807) is 6.08 Å². The molecule has 0 saturated heterocycles. The Bertz CT molecular complexity index is 1740. The summed E-state index contributed by atoms with van der Waals surface area (Å²) in [6.07, 6.45) is 89.5. The normalized spacial score (nSPS) is 13.4. The highest BCUT2D eigenvalue weighted by Crippen LogP contribution is 2.12. The molecule has 0 saturated carbocycles. The highest BCUT2D eigenvalue weighted by Gasteiger charge is 2.19. The van der Waals surface area contributed by atoms with E-state index in [0.29, 0.717) is 19.3 Å². The molecule has 6 heteroatoms. The SMILES string of the molecule is CC/C=C\C/C=C\C/C=C\C/C=C\C/C=C\C/C=C\C/C=C\C/C=C\CCCCC(=O)OCC(COC(=O)CCCCCCC/C=C\CCCCCCC)OC(=O)C/C=C\C/C=C\C/C=C\C/C=C\C/C=C\CC. The maximum Gasteiger partial charge on any atom is 0.310 e. The van der Waals surface area contributed by atoms with Crippen molar-refractivity contribution in [3.63, 3.8) is 0 Å². The van der Waals surface area contributed by atoms with Gasteiger partial charge >= 0.3 is 17.9 Å². The third-order valence-electron chi connectivity index (χ3n) is 11.5. The van der Waals surface area contributed by atoms with Crippen molar-refractivity contribution in [2.75, 3.05) is 13.2 Å². The van der Waals surface area contributed by atoms with Crippen molar-refractivity contribution >= 4 is 17.9 Å². The van der Waals surface area contributed by atoms with Crippen LogP contribution in [0.15, 0.2) is 170 Å². The number of carbonyl (C=O) groups excluding carboxylic acids is 3. The zero-order valence-electron chi connectivity index (χ0n) is 47.0. The van der Waals surface area contributed by atoms with Gasteiger partial charge in [-0.1, -0.05) is 236 Å². The molecule has 0 rings (SSSR count). The summed E-state index contributed by atoms with van der Waals surface area (Å²) >= 11 is 0. The van der Waals surface area contributed by atoms with Gasteiger partial charge in [-0.05, 0) is 135 Å². The second-order valence-corrected chi connectivity index (χ2v) is 18.4. The molecule has 0 heterocycles. The summed E-state index contributed by atoms with van der Waals surface area (Å²) in [7, 11) is 0. The maximum atomic E-state index is 12.8. The lowest BCUT2D eigenvalue weighted by atomic mass is 10.1. The Morgan fingerprint density at radius 1 is 0.297 bits per heavy atom. The van der Waals surface area contributed by atoms with Crippen molar-refractivity contribution in [1.29, 1.82) is 0 Å². The van der Waals surface area contributed by atoms with Crippen LogP contribution in [0.4, 0.5) is 0 Å². The highest BCUT2D eigenvalue weighted by atomic mass is 16.6. The summed E-state index contributed by atoms with van der Waals surface area (Å²) in [5.74, 6) is -1.14. The Balaban J connectivity index is 4.55. The van der Waals surface area contributed by atoms with Crippen molar-refractivity contribution in [3.8, 4) is 0 Å². The van der Waals surface area contributed by atoms with Crippen LogP contribution in [0.5, 0.6) is 0 Å². The van der Waals surface area contributed by atoms with E-state index in [2.05, 4.69) is 179 Å². The first-order valence-electron chi connectivity index (χ1n) is 29.1. The van der Waals surface area contributed by atoms with Crippen LogP contribution in [-0.4, -0.2) is 37.2 Å². The average molecular weight is 1020 g/mol. The molecular weight excluding hydrogens is 913 g/mol. The van der Waals surface area contributed by atoms with Crippen LogP contribution in [0, 0.1) is 0 Å². The van der Waals surface area contributed by atoms with E-state index in [0.717, 1.165) is 122 Å². The van der Waals surface area contributed by atoms with Gasteiger partial charge in [0.05, 0.1) is 6.42 Å². The van der Waals surface area contributed by atoms with Gasteiger partial charge in [-0.25, -0.2) is 0 Å². The number of rotatable bonds is 50. The Morgan fingerprint density at radius 3 is 0.932 bits per heavy atom. The van der Waals surface area contributed by atoms with Gasteiger partial charge in [0.2, 0.25) is 0 Å². The molecule has 0 fully saturated rings. The zero-order valence-corrected chi connectivity index (χ0v) is 47.0. The van der Waals surface area contributed by atoms with Gasteiger partial charge in [-0.3, -0.25) is 14.4 Å². The molecule has 0 spiro atoms. The van der Waals surface area contributed by atoms with Crippen LogP contribution < -0.4 is 0 Å². The van der Waals surface area contributed by atoms with Crippen molar-refractivity contribution in [2.45, 2.75) is 226 Å². The van der Waals surface area contributed by atoms with Crippen LogP contribution >= 0.6 is 0 Å². The molecule has 0 radical (unpaired) electrons. The minimum absolute atomic E-state index is 0.0769. The Hall–Kier alpha value is -5.23. The topological polar surface area (TPSA) is 78.9 Å². The molecule has 412 valence electrons. The Morgan fingerprint density at radius 2 is 0.568 bits per heavy atom. The molecule has 6 nitrogen and oxygen atoms in total. The number of allylic oxidation sites excluding steroid dienone is 27. The fourth-order valence-electron chi connectivity index (χ4n) is 7.17. The van der Waals surface area contributed by atoms with Gasteiger partial charge in [-0.15, -0.1) is 0 Å². The number of hydrogen-bond donors (Lipinski definition) is 0. The van der Waals surface area contributed by atoms with Crippen LogP contribution in [0.1, 0.15) is 220 Å². The maximum absolute atomic E-state index is 12.8. The summed E-state index contributed by atoms with van der Waals surface area (Å²) in [6, 6.07) is 0. The van der Waals surface area contributed by atoms with Crippen molar-refractivity contribution in [1.82, 2.24) is 0 Å². The summed E-state index contributed by atoms with van der Waals surface area (Å²) in [5.41, 5.74) is 0. The van der Waals surface area contributed by atoms with Crippen LogP contribution in [0.2, 0.25) is 0 Å². The van der Waals surface area contributed by atoms with Crippen molar-refractivity contribution in [2.24, 2.45) is 0 Å². The van der Waals surface area contributed by atoms with Gasteiger partial charge < -0.3 is 14.2 Å². The lowest BCUT2D eigenvalue weighted by Gasteiger charge is -2.18. The molecule has 74 heavy (non-hydrogen) atoms.